The Bertz CT molecular complexity index is 819. The first-order chi connectivity index (χ1) is 11.0. The van der Waals surface area contributed by atoms with Crippen LogP contribution in [0.15, 0.2) is 29.1 Å². The topological polar surface area (TPSA) is 98.3 Å². The van der Waals surface area contributed by atoms with Crippen LogP contribution in [0.2, 0.25) is 0 Å². The number of benzene rings is 1. The third kappa shape index (κ3) is 3.35. The highest BCUT2D eigenvalue weighted by Gasteiger charge is 2.18. The Morgan fingerprint density at radius 3 is 2.70 bits per heavy atom. The van der Waals surface area contributed by atoms with Crippen molar-refractivity contribution in [1.82, 2.24) is 4.57 Å². The van der Waals surface area contributed by atoms with Gasteiger partial charge < -0.3 is 15.5 Å². The molecule has 0 amide bonds. The average Bonchev–Trinajstić information content (AvgIpc) is 2.52. The van der Waals surface area contributed by atoms with Gasteiger partial charge in [0.25, 0.3) is 5.56 Å². The molecule has 0 aliphatic rings. The van der Waals surface area contributed by atoms with Gasteiger partial charge in [0.2, 0.25) is 0 Å². The number of aliphatic hydroxyl groups excluding tert-OH is 1. The number of nitriles is 1. The van der Waals surface area contributed by atoms with Gasteiger partial charge in [-0.3, -0.25) is 9.36 Å². The molecule has 0 spiro atoms. The van der Waals surface area contributed by atoms with Crippen LogP contribution in [0.5, 0.6) is 5.88 Å². The van der Waals surface area contributed by atoms with Crippen LogP contribution in [0.1, 0.15) is 22.3 Å². The molecule has 0 aliphatic carbocycles. The Morgan fingerprint density at radius 1 is 1.35 bits per heavy atom. The van der Waals surface area contributed by atoms with E-state index in [9.17, 15) is 15.2 Å². The standard InChI is InChI=1S/C17H19N3O3/c1-11-4-3-5-13(8-11)19-10-15-12(2)14(9-18)16(22)20(6-7-21)17(15)23/h3-5,8,19,21,23H,6-7,10H2,1-2H3. The Labute approximate surface area is 134 Å². The highest BCUT2D eigenvalue weighted by atomic mass is 16.3. The van der Waals surface area contributed by atoms with Crippen LogP contribution in [0.3, 0.4) is 0 Å². The Morgan fingerprint density at radius 2 is 2.09 bits per heavy atom. The first-order valence-electron chi connectivity index (χ1n) is 7.26. The predicted molar refractivity (Wildman–Crippen MR) is 87.4 cm³/mol. The molecule has 0 unspecified atom stereocenters. The molecule has 1 aromatic heterocycles. The largest absolute Gasteiger partial charge is 0.494 e. The molecule has 0 saturated carbocycles. The second-order valence-electron chi connectivity index (χ2n) is 5.32. The maximum atomic E-state index is 12.2. The molecule has 3 N–H and O–H groups in total. The van der Waals surface area contributed by atoms with E-state index in [1.807, 2.05) is 37.3 Å². The summed E-state index contributed by atoms with van der Waals surface area (Å²) in [6.45, 7) is 3.52. The zero-order valence-corrected chi connectivity index (χ0v) is 13.1. The number of pyridine rings is 1. The number of aromatic hydroxyl groups is 1. The van der Waals surface area contributed by atoms with E-state index in [-0.39, 0.29) is 31.1 Å². The number of aromatic nitrogens is 1. The van der Waals surface area contributed by atoms with Crippen LogP contribution in [0.4, 0.5) is 5.69 Å². The fourth-order valence-corrected chi connectivity index (χ4v) is 2.47. The summed E-state index contributed by atoms with van der Waals surface area (Å²) in [6, 6.07) is 9.63. The minimum atomic E-state index is -0.587. The third-order valence-electron chi connectivity index (χ3n) is 3.74. The van der Waals surface area contributed by atoms with Gasteiger partial charge >= 0.3 is 0 Å². The number of aryl methyl sites for hydroxylation is 1. The normalized spacial score (nSPS) is 10.3. The van der Waals surface area contributed by atoms with Crippen molar-refractivity contribution < 1.29 is 10.2 Å². The zero-order valence-electron chi connectivity index (χ0n) is 13.1. The van der Waals surface area contributed by atoms with Crippen molar-refractivity contribution in [2.45, 2.75) is 26.9 Å². The van der Waals surface area contributed by atoms with Crippen LogP contribution in [0.25, 0.3) is 0 Å². The Hall–Kier alpha value is -2.78. The van der Waals surface area contributed by atoms with Gasteiger partial charge in [-0.15, -0.1) is 0 Å². The molecule has 6 heteroatoms. The predicted octanol–water partition coefficient (Wildman–Crippen LogP) is 1.65. The quantitative estimate of drug-likeness (QED) is 0.779. The summed E-state index contributed by atoms with van der Waals surface area (Å²) in [4.78, 5) is 12.2. The molecule has 0 aliphatic heterocycles. The van der Waals surface area contributed by atoms with Crippen molar-refractivity contribution >= 4 is 5.69 Å². The van der Waals surface area contributed by atoms with E-state index in [1.165, 1.54) is 0 Å². The fraction of sp³-hybridized carbons (Fsp3) is 0.294. The van der Waals surface area contributed by atoms with Crippen molar-refractivity contribution in [3.05, 3.63) is 56.9 Å². The van der Waals surface area contributed by atoms with Crippen LogP contribution in [0, 0.1) is 25.2 Å². The van der Waals surface area contributed by atoms with Crippen LogP contribution in [-0.4, -0.2) is 21.4 Å². The first-order valence-corrected chi connectivity index (χ1v) is 7.26. The number of rotatable bonds is 5. The molecular weight excluding hydrogens is 294 g/mol. The monoisotopic (exact) mass is 313 g/mol. The molecule has 6 nitrogen and oxygen atoms in total. The van der Waals surface area contributed by atoms with E-state index >= 15 is 0 Å². The number of hydrogen-bond donors (Lipinski definition) is 3. The van der Waals surface area contributed by atoms with Gasteiger partial charge in [0.15, 0.2) is 5.88 Å². The molecule has 1 aromatic carbocycles. The Balaban J connectivity index is 2.43. The van der Waals surface area contributed by atoms with Crippen molar-refractivity contribution in [2.24, 2.45) is 0 Å². The molecule has 23 heavy (non-hydrogen) atoms. The summed E-state index contributed by atoms with van der Waals surface area (Å²) in [7, 11) is 0. The van der Waals surface area contributed by atoms with E-state index in [0.29, 0.717) is 11.1 Å². The number of aliphatic hydroxyl groups is 1. The second-order valence-corrected chi connectivity index (χ2v) is 5.32. The molecule has 2 aromatic rings. The molecule has 0 radical (unpaired) electrons. The van der Waals surface area contributed by atoms with Crippen molar-refractivity contribution in [1.29, 1.82) is 5.26 Å². The maximum Gasteiger partial charge on any atom is 0.271 e. The highest BCUT2D eigenvalue weighted by molar-refractivity contribution is 5.50. The van der Waals surface area contributed by atoms with E-state index in [4.69, 9.17) is 5.11 Å². The summed E-state index contributed by atoms with van der Waals surface area (Å²) >= 11 is 0. The fourth-order valence-electron chi connectivity index (χ4n) is 2.47. The van der Waals surface area contributed by atoms with E-state index in [2.05, 4.69) is 5.32 Å². The van der Waals surface area contributed by atoms with Crippen molar-refractivity contribution in [3.63, 3.8) is 0 Å². The van der Waals surface area contributed by atoms with Crippen LogP contribution < -0.4 is 10.9 Å². The van der Waals surface area contributed by atoms with Gasteiger partial charge in [0, 0.05) is 17.8 Å². The summed E-state index contributed by atoms with van der Waals surface area (Å²) < 4.78 is 1.03. The van der Waals surface area contributed by atoms with Gasteiger partial charge in [-0.25, -0.2) is 0 Å². The summed E-state index contributed by atoms with van der Waals surface area (Å²) in [6.07, 6.45) is 0. The van der Waals surface area contributed by atoms with Gasteiger partial charge in [0.05, 0.1) is 13.2 Å². The van der Waals surface area contributed by atoms with Gasteiger partial charge in [-0.2, -0.15) is 5.26 Å². The van der Waals surface area contributed by atoms with E-state index in [1.54, 1.807) is 6.92 Å². The number of hydrogen-bond acceptors (Lipinski definition) is 5. The lowest BCUT2D eigenvalue weighted by molar-refractivity contribution is 0.263. The minimum Gasteiger partial charge on any atom is -0.494 e. The number of nitrogens with one attached hydrogen (secondary N) is 1. The minimum absolute atomic E-state index is 0.0164. The van der Waals surface area contributed by atoms with Gasteiger partial charge in [0.1, 0.15) is 11.6 Å². The number of anilines is 1. The molecule has 0 fully saturated rings. The van der Waals surface area contributed by atoms with Crippen LogP contribution in [-0.2, 0) is 13.1 Å². The average molecular weight is 313 g/mol. The second kappa shape index (κ2) is 6.99. The molecule has 1 heterocycles. The van der Waals surface area contributed by atoms with E-state index < -0.39 is 5.56 Å². The molecule has 2 rings (SSSR count). The molecular formula is C17H19N3O3. The maximum absolute atomic E-state index is 12.2. The SMILES string of the molecule is Cc1cccc(NCc2c(C)c(C#N)c(=O)n(CCO)c2O)c1. The first kappa shape index (κ1) is 16.6. The summed E-state index contributed by atoms with van der Waals surface area (Å²) in [5, 5.41) is 31.8. The highest BCUT2D eigenvalue weighted by Crippen LogP contribution is 2.23. The molecule has 0 atom stereocenters. The summed E-state index contributed by atoms with van der Waals surface area (Å²) in [5.74, 6) is -0.222. The van der Waals surface area contributed by atoms with Gasteiger partial charge in [-0.1, -0.05) is 12.1 Å². The van der Waals surface area contributed by atoms with Crippen molar-refractivity contribution in [3.8, 4) is 11.9 Å². The van der Waals surface area contributed by atoms with Gasteiger partial charge in [-0.05, 0) is 37.1 Å². The smallest absolute Gasteiger partial charge is 0.271 e. The lowest BCUT2D eigenvalue weighted by Gasteiger charge is -2.16. The zero-order chi connectivity index (χ0) is 17.0. The van der Waals surface area contributed by atoms with Crippen molar-refractivity contribution in [2.75, 3.05) is 11.9 Å². The Kier molecular flexibility index (Phi) is 5.04. The summed E-state index contributed by atoms with van der Waals surface area (Å²) in [5.41, 5.74) is 2.29. The van der Waals surface area contributed by atoms with Crippen LogP contribution >= 0.6 is 0 Å². The molecule has 0 bridgehead atoms. The molecule has 120 valence electrons. The lowest BCUT2D eigenvalue weighted by atomic mass is 10.0. The molecule has 0 saturated heterocycles. The van der Waals surface area contributed by atoms with E-state index in [0.717, 1.165) is 15.8 Å². The third-order valence-corrected chi connectivity index (χ3v) is 3.74. The lowest BCUT2D eigenvalue weighted by Crippen LogP contribution is -2.27. The number of nitrogens with zero attached hydrogens (tertiary/aromatic N) is 2.